The first-order valence-electron chi connectivity index (χ1n) is 12.0. The maximum absolute atomic E-state index is 13.4. The van der Waals surface area contributed by atoms with Gasteiger partial charge in [0.2, 0.25) is 5.91 Å². The van der Waals surface area contributed by atoms with Crippen LogP contribution in [0.4, 0.5) is 0 Å². The Morgan fingerprint density at radius 2 is 1.71 bits per heavy atom. The molecule has 2 amide bonds. The van der Waals surface area contributed by atoms with Crippen LogP contribution in [-0.2, 0) is 21.5 Å². The Bertz CT molecular complexity index is 967. The van der Waals surface area contributed by atoms with E-state index in [2.05, 4.69) is 42.0 Å². The smallest absolute Gasteiger partial charge is 0.261 e. The van der Waals surface area contributed by atoms with Crippen LogP contribution >= 0.6 is 15.9 Å². The first-order chi connectivity index (χ1) is 16.0. The summed E-state index contributed by atoms with van der Waals surface area (Å²) in [6.07, 6.45) is 1.35. The SMILES string of the molecule is CC[C@@H](C)NC(=O)[C@@H](CC)N(Cc1ccc(C)cc1)C(=O)COc1ccc(C(C)(C)C)cc1Br. The summed E-state index contributed by atoms with van der Waals surface area (Å²) in [5.74, 6) is 0.250. The fourth-order valence-corrected chi connectivity index (χ4v) is 4.05. The van der Waals surface area contributed by atoms with Crippen molar-refractivity contribution < 1.29 is 14.3 Å². The molecule has 0 aliphatic carbocycles. The number of carbonyl (C=O) groups is 2. The van der Waals surface area contributed by atoms with Crippen LogP contribution in [0, 0.1) is 6.92 Å². The fourth-order valence-electron chi connectivity index (χ4n) is 3.56. The summed E-state index contributed by atoms with van der Waals surface area (Å²) in [5, 5.41) is 3.03. The molecule has 0 saturated carbocycles. The van der Waals surface area contributed by atoms with Crippen LogP contribution in [0.3, 0.4) is 0 Å². The summed E-state index contributed by atoms with van der Waals surface area (Å²) in [5.41, 5.74) is 3.31. The predicted octanol–water partition coefficient (Wildman–Crippen LogP) is 6.16. The van der Waals surface area contributed by atoms with E-state index in [0.29, 0.717) is 18.7 Å². The summed E-state index contributed by atoms with van der Waals surface area (Å²) in [6.45, 7) is 14.6. The van der Waals surface area contributed by atoms with Crippen LogP contribution in [0.2, 0.25) is 0 Å². The number of hydrogen-bond donors (Lipinski definition) is 1. The van der Waals surface area contributed by atoms with Gasteiger partial charge in [0.25, 0.3) is 5.91 Å². The third-order valence-corrected chi connectivity index (χ3v) is 6.63. The van der Waals surface area contributed by atoms with E-state index in [4.69, 9.17) is 4.74 Å². The minimum Gasteiger partial charge on any atom is -0.483 e. The lowest BCUT2D eigenvalue weighted by atomic mass is 9.87. The van der Waals surface area contributed by atoms with Gasteiger partial charge in [-0.1, -0.05) is 70.5 Å². The highest BCUT2D eigenvalue weighted by molar-refractivity contribution is 9.10. The van der Waals surface area contributed by atoms with Crippen molar-refractivity contribution >= 4 is 27.7 Å². The lowest BCUT2D eigenvalue weighted by Crippen LogP contribution is -2.51. The van der Waals surface area contributed by atoms with E-state index in [1.165, 1.54) is 5.56 Å². The first-order valence-corrected chi connectivity index (χ1v) is 12.8. The standard InChI is InChI=1S/C28H39BrN2O3/c1-8-20(4)30-27(33)24(9-2)31(17-21-12-10-19(3)11-13-21)26(32)18-34-25-15-14-22(16-23(25)29)28(5,6)7/h10-16,20,24H,8-9,17-18H2,1-7H3,(H,30,33)/t20-,24-/m1/s1. The van der Waals surface area contributed by atoms with Gasteiger partial charge < -0.3 is 15.0 Å². The topological polar surface area (TPSA) is 58.6 Å². The van der Waals surface area contributed by atoms with Crippen molar-refractivity contribution in [3.05, 3.63) is 63.6 Å². The van der Waals surface area contributed by atoms with Gasteiger partial charge in [0.15, 0.2) is 6.61 Å². The molecular weight excluding hydrogens is 492 g/mol. The van der Waals surface area contributed by atoms with Gasteiger partial charge in [-0.25, -0.2) is 0 Å². The zero-order valence-electron chi connectivity index (χ0n) is 21.6. The summed E-state index contributed by atoms with van der Waals surface area (Å²) in [4.78, 5) is 28.1. The van der Waals surface area contributed by atoms with Gasteiger partial charge in [-0.2, -0.15) is 0 Å². The molecule has 0 aliphatic rings. The number of halogens is 1. The summed E-state index contributed by atoms with van der Waals surface area (Å²) >= 11 is 3.57. The maximum atomic E-state index is 13.4. The van der Waals surface area contributed by atoms with E-state index in [9.17, 15) is 9.59 Å². The summed E-state index contributed by atoms with van der Waals surface area (Å²) < 4.78 is 6.72. The van der Waals surface area contributed by atoms with Crippen LogP contribution in [0.5, 0.6) is 5.75 Å². The molecule has 2 aromatic rings. The third kappa shape index (κ3) is 7.86. The zero-order chi connectivity index (χ0) is 25.5. The number of aryl methyl sites for hydroxylation is 1. The molecule has 0 heterocycles. The van der Waals surface area contributed by atoms with Gasteiger partial charge in [0.05, 0.1) is 4.47 Å². The predicted molar refractivity (Wildman–Crippen MR) is 142 cm³/mol. The molecule has 0 unspecified atom stereocenters. The van der Waals surface area contributed by atoms with Gasteiger partial charge in [-0.3, -0.25) is 9.59 Å². The molecule has 6 heteroatoms. The van der Waals surface area contributed by atoms with Crippen molar-refractivity contribution in [1.82, 2.24) is 10.2 Å². The molecule has 0 fully saturated rings. The van der Waals surface area contributed by atoms with Crippen molar-refractivity contribution in [2.45, 2.75) is 85.4 Å². The molecule has 1 N–H and O–H groups in total. The van der Waals surface area contributed by atoms with Crippen molar-refractivity contribution in [3.8, 4) is 5.75 Å². The van der Waals surface area contributed by atoms with E-state index in [1.807, 2.05) is 70.2 Å². The molecule has 0 radical (unpaired) electrons. The second-order valence-corrected chi connectivity index (χ2v) is 10.8. The quantitative estimate of drug-likeness (QED) is 0.400. The average molecular weight is 532 g/mol. The molecule has 2 atom stereocenters. The maximum Gasteiger partial charge on any atom is 0.261 e. The Balaban J connectivity index is 2.24. The van der Waals surface area contributed by atoms with Crippen LogP contribution in [-0.4, -0.2) is 35.4 Å². The van der Waals surface area contributed by atoms with Gasteiger partial charge in [0, 0.05) is 12.6 Å². The van der Waals surface area contributed by atoms with E-state index in [1.54, 1.807) is 4.90 Å². The molecule has 0 aliphatic heterocycles. The van der Waals surface area contributed by atoms with Crippen molar-refractivity contribution in [3.63, 3.8) is 0 Å². The number of hydrogen-bond acceptors (Lipinski definition) is 3. The van der Waals surface area contributed by atoms with E-state index >= 15 is 0 Å². The largest absolute Gasteiger partial charge is 0.483 e. The van der Waals surface area contributed by atoms with Crippen LogP contribution in [0.25, 0.3) is 0 Å². The number of benzene rings is 2. The number of carbonyl (C=O) groups excluding carboxylic acids is 2. The van der Waals surface area contributed by atoms with Crippen molar-refractivity contribution in [2.75, 3.05) is 6.61 Å². The van der Waals surface area contributed by atoms with Crippen molar-refractivity contribution in [1.29, 1.82) is 0 Å². The van der Waals surface area contributed by atoms with E-state index in [-0.39, 0.29) is 29.9 Å². The van der Waals surface area contributed by atoms with E-state index in [0.717, 1.165) is 22.0 Å². The molecule has 34 heavy (non-hydrogen) atoms. The molecule has 2 rings (SSSR count). The van der Waals surface area contributed by atoms with E-state index < -0.39 is 6.04 Å². The Hall–Kier alpha value is -2.34. The van der Waals surface area contributed by atoms with Crippen LogP contribution < -0.4 is 10.1 Å². The molecule has 5 nitrogen and oxygen atoms in total. The number of ether oxygens (including phenoxy) is 1. The highest BCUT2D eigenvalue weighted by atomic mass is 79.9. The minimum atomic E-state index is -0.571. The summed E-state index contributed by atoms with van der Waals surface area (Å²) in [7, 11) is 0. The first kappa shape index (κ1) is 27.9. The van der Waals surface area contributed by atoms with Crippen molar-refractivity contribution in [2.24, 2.45) is 0 Å². The molecule has 186 valence electrons. The van der Waals surface area contributed by atoms with Gasteiger partial charge in [-0.05, 0) is 71.3 Å². The van der Waals surface area contributed by atoms with Gasteiger partial charge in [-0.15, -0.1) is 0 Å². The Morgan fingerprint density at radius 1 is 1.06 bits per heavy atom. The molecule has 0 saturated heterocycles. The highest BCUT2D eigenvalue weighted by Gasteiger charge is 2.29. The fraction of sp³-hybridized carbons (Fsp3) is 0.500. The molecule has 2 aromatic carbocycles. The third-order valence-electron chi connectivity index (χ3n) is 6.01. The Labute approximate surface area is 213 Å². The van der Waals surface area contributed by atoms with Gasteiger partial charge >= 0.3 is 0 Å². The monoisotopic (exact) mass is 530 g/mol. The zero-order valence-corrected chi connectivity index (χ0v) is 23.2. The van der Waals surface area contributed by atoms with Gasteiger partial charge in [0.1, 0.15) is 11.8 Å². The Kier molecular flexibility index (Phi) is 10.2. The molecular formula is C28H39BrN2O3. The second-order valence-electron chi connectivity index (χ2n) is 9.93. The van der Waals surface area contributed by atoms with Crippen LogP contribution in [0.15, 0.2) is 46.9 Å². The number of rotatable bonds is 10. The van der Waals surface area contributed by atoms with Crippen LogP contribution in [0.1, 0.15) is 71.1 Å². The Morgan fingerprint density at radius 3 is 2.24 bits per heavy atom. The lowest BCUT2D eigenvalue weighted by Gasteiger charge is -2.31. The second kappa shape index (κ2) is 12.4. The molecule has 0 spiro atoms. The number of amides is 2. The average Bonchev–Trinajstić information content (AvgIpc) is 2.78. The normalized spacial score (nSPS) is 13.2. The highest BCUT2D eigenvalue weighted by Crippen LogP contribution is 2.31. The molecule has 0 aromatic heterocycles. The minimum absolute atomic E-state index is 0.0129. The lowest BCUT2D eigenvalue weighted by molar-refractivity contribution is -0.143. The number of nitrogens with one attached hydrogen (secondary N) is 1. The summed E-state index contributed by atoms with van der Waals surface area (Å²) in [6, 6.07) is 13.4. The number of nitrogens with zero attached hydrogens (tertiary/aromatic N) is 1. The molecule has 0 bridgehead atoms.